The number of allylic oxidation sites excluding steroid dienone is 1. The Morgan fingerprint density at radius 2 is 1.72 bits per heavy atom. The van der Waals surface area contributed by atoms with Gasteiger partial charge >= 0.3 is 0 Å². The van der Waals surface area contributed by atoms with Crippen LogP contribution >= 0.6 is 0 Å². The summed E-state index contributed by atoms with van der Waals surface area (Å²) in [6.45, 7) is 3.58. The summed E-state index contributed by atoms with van der Waals surface area (Å²) in [5.74, 6) is -4.57. The molecule has 0 aromatic heterocycles. The second-order valence-corrected chi connectivity index (χ2v) is 4.07. The first-order chi connectivity index (χ1) is 8.56. The number of hydrogen-bond acceptors (Lipinski definition) is 1. The van der Waals surface area contributed by atoms with Crippen molar-refractivity contribution in [3.63, 3.8) is 0 Å². The first-order valence-electron chi connectivity index (χ1n) is 5.85. The molecule has 98 valence electrons. The van der Waals surface area contributed by atoms with Crippen LogP contribution in [0, 0.1) is 17.5 Å². The van der Waals surface area contributed by atoms with Crippen molar-refractivity contribution in [2.45, 2.75) is 32.1 Å². The van der Waals surface area contributed by atoms with E-state index < -0.39 is 17.5 Å². The normalized spacial score (nSPS) is 10.4. The molecule has 0 spiro atoms. The van der Waals surface area contributed by atoms with Gasteiger partial charge in [0.15, 0.2) is 23.2 Å². The fraction of sp³-hybridized carbons (Fsp3) is 0.357. The van der Waals surface area contributed by atoms with Crippen LogP contribution in [-0.4, -0.2) is 5.78 Å². The van der Waals surface area contributed by atoms with Crippen molar-refractivity contribution in [1.82, 2.24) is 0 Å². The van der Waals surface area contributed by atoms with E-state index in [1.54, 1.807) is 6.08 Å². The summed E-state index contributed by atoms with van der Waals surface area (Å²) in [5, 5.41) is 0. The van der Waals surface area contributed by atoms with Crippen LogP contribution in [0.5, 0.6) is 0 Å². The molecule has 0 fully saturated rings. The lowest BCUT2D eigenvalue weighted by atomic mass is 10.0. The van der Waals surface area contributed by atoms with Gasteiger partial charge in [0.05, 0.1) is 0 Å². The predicted molar refractivity (Wildman–Crippen MR) is 63.9 cm³/mol. The maximum absolute atomic E-state index is 12.9. The van der Waals surface area contributed by atoms with E-state index in [2.05, 4.69) is 6.58 Å². The first-order valence-corrected chi connectivity index (χ1v) is 5.85. The fourth-order valence-corrected chi connectivity index (χ4v) is 1.61. The molecule has 0 aliphatic rings. The van der Waals surface area contributed by atoms with E-state index in [0.717, 1.165) is 31.4 Å². The molecule has 0 bridgehead atoms. The number of carbonyl (C=O) groups excluding carboxylic acids is 1. The van der Waals surface area contributed by atoms with E-state index in [9.17, 15) is 18.0 Å². The van der Waals surface area contributed by atoms with Crippen molar-refractivity contribution in [1.29, 1.82) is 0 Å². The molecule has 0 aliphatic heterocycles. The third kappa shape index (κ3) is 4.02. The van der Waals surface area contributed by atoms with Gasteiger partial charge in [0.1, 0.15) is 0 Å². The second kappa shape index (κ2) is 6.99. The van der Waals surface area contributed by atoms with Gasteiger partial charge in [-0.1, -0.05) is 12.5 Å². The van der Waals surface area contributed by atoms with Crippen LogP contribution in [0.1, 0.15) is 42.5 Å². The van der Waals surface area contributed by atoms with Crippen LogP contribution in [0.25, 0.3) is 0 Å². The Morgan fingerprint density at radius 3 is 2.28 bits per heavy atom. The van der Waals surface area contributed by atoms with E-state index in [1.165, 1.54) is 0 Å². The number of benzene rings is 1. The minimum atomic E-state index is -1.54. The summed E-state index contributed by atoms with van der Waals surface area (Å²) in [6.07, 6.45) is 5.32. The van der Waals surface area contributed by atoms with E-state index in [4.69, 9.17) is 0 Å². The number of carbonyl (C=O) groups is 1. The minimum Gasteiger partial charge on any atom is -0.294 e. The molecule has 0 aliphatic carbocycles. The van der Waals surface area contributed by atoms with Gasteiger partial charge in [-0.15, -0.1) is 6.58 Å². The molecule has 0 radical (unpaired) electrons. The Bertz CT molecular complexity index is 418. The zero-order valence-corrected chi connectivity index (χ0v) is 10.0. The minimum absolute atomic E-state index is 0.116. The molecular weight excluding hydrogens is 241 g/mol. The number of hydrogen-bond donors (Lipinski definition) is 0. The zero-order chi connectivity index (χ0) is 13.5. The SMILES string of the molecule is C=CCCCCCC(=O)c1cc(F)c(F)c(F)c1. The summed E-state index contributed by atoms with van der Waals surface area (Å²) in [6, 6.07) is 1.48. The number of unbranched alkanes of at least 4 members (excludes halogenated alkanes) is 3. The third-order valence-electron chi connectivity index (χ3n) is 2.62. The van der Waals surface area contributed by atoms with Crippen LogP contribution in [0.4, 0.5) is 13.2 Å². The predicted octanol–water partition coefficient (Wildman–Crippen LogP) is 4.42. The smallest absolute Gasteiger partial charge is 0.194 e. The highest BCUT2D eigenvalue weighted by Gasteiger charge is 2.14. The molecule has 0 atom stereocenters. The molecule has 1 nitrogen and oxygen atoms in total. The van der Waals surface area contributed by atoms with E-state index in [1.807, 2.05) is 0 Å². The van der Waals surface area contributed by atoms with Gasteiger partial charge in [0.25, 0.3) is 0 Å². The van der Waals surface area contributed by atoms with E-state index in [-0.39, 0.29) is 17.8 Å². The van der Waals surface area contributed by atoms with Gasteiger partial charge in [-0.2, -0.15) is 0 Å². The lowest BCUT2D eigenvalue weighted by Gasteiger charge is -2.03. The van der Waals surface area contributed by atoms with Gasteiger partial charge < -0.3 is 0 Å². The van der Waals surface area contributed by atoms with E-state index in [0.29, 0.717) is 6.42 Å². The molecule has 0 saturated carbocycles. The van der Waals surface area contributed by atoms with Crippen LogP contribution < -0.4 is 0 Å². The summed E-state index contributed by atoms with van der Waals surface area (Å²) in [7, 11) is 0. The Morgan fingerprint density at radius 1 is 1.11 bits per heavy atom. The Kier molecular flexibility index (Phi) is 5.62. The second-order valence-electron chi connectivity index (χ2n) is 4.07. The molecule has 1 aromatic carbocycles. The molecule has 4 heteroatoms. The number of halogens is 3. The average molecular weight is 256 g/mol. The van der Waals surface area contributed by atoms with Gasteiger partial charge in [-0.05, 0) is 31.4 Å². The van der Waals surface area contributed by atoms with Crippen LogP contribution in [-0.2, 0) is 0 Å². The molecular formula is C14H15F3O. The molecule has 0 heterocycles. The molecule has 18 heavy (non-hydrogen) atoms. The summed E-state index contributed by atoms with van der Waals surface area (Å²) >= 11 is 0. The maximum atomic E-state index is 12.9. The third-order valence-corrected chi connectivity index (χ3v) is 2.62. The van der Waals surface area contributed by atoms with Crippen molar-refractivity contribution in [2.24, 2.45) is 0 Å². The van der Waals surface area contributed by atoms with Crippen molar-refractivity contribution in [2.75, 3.05) is 0 Å². The molecule has 0 saturated heterocycles. The van der Waals surface area contributed by atoms with Gasteiger partial charge in [0.2, 0.25) is 0 Å². The van der Waals surface area contributed by atoms with Crippen molar-refractivity contribution in [3.05, 3.63) is 47.8 Å². The summed E-state index contributed by atoms with van der Waals surface area (Å²) in [4.78, 5) is 11.6. The molecule has 0 unspecified atom stereocenters. The highest BCUT2D eigenvalue weighted by molar-refractivity contribution is 5.96. The Labute approximate surface area is 104 Å². The van der Waals surface area contributed by atoms with Gasteiger partial charge in [0, 0.05) is 12.0 Å². The summed E-state index contributed by atoms with van der Waals surface area (Å²) in [5.41, 5.74) is -0.116. The van der Waals surface area contributed by atoms with Crippen molar-refractivity contribution < 1.29 is 18.0 Å². The number of rotatable bonds is 7. The lowest BCUT2D eigenvalue weighted by Crippen LogP contribution is -2.03. The van der Waals surface area contributed by atoms with Crippen molar-refractivity contribution in [3.8, 4) is 0 Å². The first kappa shape index (κ1) is 14.5. The topological polar surface area (TPSA) is 17.1 Å². The summed E-state index contributed by atoms with van der Waals surface area (Å²) < 4.78 is 38.5. The van der Waals surface area contributed by atoms with Crippen LogP contribution in [0.2, 0.25) is 0 Å². The van der Waals surface area contributed by atoms with E-state index >= 15 is 0 Å². The highest BCUT2D eigenvalue weighted by Crippen LogP contribution is 2.16. The Balaban J connectivity index is 2.54. The number of ketones is 1. The lowest BCUT2D eigenvalue weighted by molar-refractivity contribution is 0.0978. The monoisotopic (exact) mass is 256 g/mol. The largest absolute Gasteiger partial charge is 0.294 e. The fourth-order valence-electron chi connectivity index (χ4n) is 1.61. The molecule has 0 amide bonds. The van der Waals surface area contributed by atoms with Crippen LogP contribution in [0.15, 0.2) is 24.8 Å². The maximum Gasteiger partial charge on any atom is 0.194 e. The van der Waals surface area contributed by atoms with Crippen molar-refractivity contribution >= 4 is 5.78 Å². The molecule has 0 N–H and O–H groups in total. The average Bonchev–Trinajstić information content (AvgIpc) is 2.34. The van der Waals surface area contributed by atoms with Gasteiger partial charge in [-0.25, -0.2) is 13.2 Å². The van der Waals surface area contributed by atoms with Crippen LogP contribution in [0.3, 0.4) is 0 Å². The Hall–Kier alpha value is -1.58. The van der Waals surface area contributed by atoms with Gasteiger partial charge in [-0.3, -0.25) is 4.79 Å². The quantitative estimate of drug-likeness (QED) is 0.305. The zero-order valence-electron chi connectivity index (χ0n) is 10.0. The molecule has 1 rings (SSSR count). The standard InChI is InChI=1S/C14H15F3O/c1-2-3-4-5-6-7-13(18)10-8-11(15)14(17)12(16)9-10/h2,8-9H,1,3-7H2. The highest BCUT2D eigenvalue weighted by atomic mass is 19.2. The molecule has 1 aromatic rings. The number of Topliss-reactive ketones (excluding diaryl/α,β-unsaturated/α-hetero) is 1.